The lowest BCUT2D eigenvalue weighted by Crippen LogP contribution is -1.96. The molecule has 0 N–H and O–H groups in total. The fraction of sp³-hybridized carbons (Fsp3) is 0.0667. The minimum Gasteiger partial charge on any atom is -0.488 e. The van der Waals surface area contributed by atoms with Gasteiger partial charge in [0.15, 0.2) is 0 Å². The summed E-state index contributed by atoms with van der Waals surface area (Å²) in [5.74, 6) is 0.319. The van der Waals surface area contributed by atoms with Crippen molar-refractivity contribution < 1.29 is 14.1 Å². The lowest BCUT2D eigenvalue weighted by molar-refractivity contribution is -0.400. The highest BCUT2D eigenvalue weighted by Gasteiger charge is 2.03. The Hall–Kier alpha value is -2.21. The predicted octanol–water partition coefficient (Wildman–Crippen LogP) is 4.41. The van der Waals surface area contributed by atoms with Gasteiger partial charge in [-0.15, -0.1) is 0 Å². The van der Waals surface area contributed by atoms with Gasteiger partial charge in [-0.25, -0.2) is 4.39 Å². The topological polar surface area (TPSA) is 52.4 Å². The van der Waals surface area contributed by atoms with Gasteiger partial charge < -0.3 is 4.74 Å². The second kappa shape index (κ2) is 6.99. The van der Waals surface area contributed by atoms with Gasteiger partial charge in [0, 0.05) is 6.08 Å². The SMILES string of the molecule is O=[N+]([O-])C=Cc1ccc(OCc2ccc(F)cc2)c(Br)c1. The smallest absolute Gasteiger partial charge is 0.235 e. The molecule has 0 saturated heterocycles. The molecule has 2 rings (SSSR count). The second-order valence-corrected chi connectivity index (χ2v) is 5.06. The van der Waals surface area contributed by atoms with E-state index in [4.69, 9.17) is 4.74 Å². The predicted molar refractivity (Wildman–Crippen MR) is 80.9 cm³/mol. The zero-order valence-electron chi connectivity index (χ0n) is 10.8. The first-order valence-electron chi connectivity index (χ1n) is 6.03. The summed E-state index contributed by atoms with van der Waals surface area (Å²) in [6, 6.07) is 11.2. The largest absolute Gasteiger partial charge is 0.488 e. The van der Waals surface area contributed by atoms with E-state index in [0.29, 0.717) is 22.4 Å². The number of halogens is 2. The van der Waals surface area contributed by atoms with Gasteiger partial charge in [0.2, 0.25) is 6.20 Å². The summed E-state index contributed by atoms with van der Waals surface area (Å²) in [6.07, 6.45) is 2.27. The zero-order chi connectivity index (χ0) is 15.2. The maximum absolute atomic E-state index is 12.8. The number of hydrogen-bond donors (Lipinski definition) is 0. The summed E-state index contributed by atoms with van der Waals surface area (Å²) in [5, 5.41) is 10.3. The van der Waals surface area contributed by atoms with Crippen molar-refractivity contribution in [3.05, 3.63) is 80.2 Å². The first-order chi connectivity index (χ1) is 10.0. The molecule has 0 amide bonds. The molecule has 0 heterocycles. The number of nitrogens with zero attached hydrogens (tertiary/aromatic N) is 1. The van der Waals surface area contributed by atoms with Crippen LogP contribution in [-0.4, -0.2) is 4.92 Å². The molecule has 0 unspecified atom stereocenters. The van der Waals surface area contributed by atoms with Crippen molar-refractivity contribution in [3.8, 4) is 5.75 Å². The summed E-state index contributed by atoms with van der Waals surface area (Å²) in [5.41, 5.74) is 1.54. The lowest BCUT2D eigenvalue weighted by atomic mass is 10.2. The number of rotatable bonds is 5. The molecule has 0 aromatic heterocycles. The summed E-state index contributed by atoms with van der Waals surface area (Å²) in [7, 11) is 0. The minimum absolute atomic E-state index is 0.290. The van der Waals surface area contributed by atoms with Crippen LogP contribution in [0.3, 0.4) is 0 Å². The Balaban J connectivity index is 2.04. The third-order valence-electron chi connectivity index (χ3n) is 2.65. The summed E-state index contributed by atoms with van der Waals surface area (Å²) >= 11 is 3.35. The fourth-order valence-corrected chi connectivity index (χ4v) is 2.14. The summed E-state index contributed by atoms with van der Waals surface area (Å²) < 4.78 is 19.1. The molecule has 2 aromatic carbocycles. The highest BCUT2D eigenvalue weighted by molar-refractivity contribution is 9.10. The third-order valence-corrected chi connectivity index (χ3v) is 3.27. The molecule has 21 heavy (non-hydrogen) atoms. The Morgan fingerprint density at radius 3 is 2.57 bits per heavy atom. The highest BCUT2D eigenvalue weighted by atomic mass is 79.9. The van der Waals surface area contributed by atoms with Gasteiger partial charge in [-0.3, -0.25) is 10.1 Å². The Morgan fingerprint density at radius 1 is 1.24 bits per heavy atom. The van der Waals surface area contributed by atoms with E-state index < -0.39 is 4.92 Å². The van der Waals surface area contributed by atoms with E-state index in [1.54, 1.807) is 30.3 Å². The molecule has 2 aromatic rings. The van der Waals surface area contributed by atoms with Crippen LogP contribution in [0, 0.1) is 15.9 Å². The van der Waals surface area contributed by atoms with Crippen LogP contribution in [0.4, 0.5) is 4.39 Å². The van der Waals surface area contributed by atoms with Gasteiger partial charge in [0.25, 0.3) is 0 Å². The Bertz CT molecular complexity index is 671. The van der Waals surface area contributed by atoms with Crippen molar-refractivity contribution in [2.45, 2.75) is 6.61 Å². The van der Waals surface area contributed by atoms with Crippen LogP contribution in [0.2, 0.25) is 0 Å². The van der Waals surface area contributed by atoms with Crippen LogP contribution in [0.5, 0.6) is 5.75 Å². The molecular weight excluding hydrogens is 341 g/mol. The van der Waals surface area contributed by atoms with Gasteiger partial charge in [0.05, 0.1) is 9.40 Å². The quantitative estimate of drug-likeness (QED) is 0.592. The van der Waals surface area contributed by atoms with Crippen molar-refractivity contribution >= 4 is 22.0 Å². The first kappa shape index (κ1) is 15.2. The minimum atomic E-state index is -0.521. The summed E-state index contributed by atoms with van der Waals surface area (Å²) in [4.78, 5) is 9.74. The van der Waals surface area contributed by atoms with E-state index in [2.05, 4.69) is 15.9 Å². The number of benzene rings is 2. The molecule has 6 heteroatoms. The Labute approximate surface area is 129 Å². The lowest BCUT2D eigenvalue weighted by Gasteiger charge is -2.08. The van der Waals surface area contributed by atoms with Crippen molar-refractivity contribution in [3.63, 3.8) is 0 Å². The Morgan fingerprint density at radius 2 is 1.95 bits per heavy atom. The van der Waals surface area contributed by atoms with E-state index in [9.17, 15) is 14.5 Å². The molecule has 0 saturated carbocycles. The molecule has 0 atom stereocenters. The number of hydrogen-bond acceptors (Lipinski definition) is 3. The Kier molecular flexibility index (Phi) is 5.05. The van der Waals surface area contributed by atoms with Gasteiger partial charge in [-0.05, 0) is 51.3 Å². The van der Waals surface area contributed by atoms with E-state index >= 15 is 0 Å². The molecule has 0 aliphatic heterocycles. The van der Waals surface area contributed by atoms with Crippen LogP contribution in [0.15, 0.2) is 53.1 Å². The van der Waals surface area contributed by atoms with Crippen molar-refractivity contribution in [1.82, 2.24) is 0 Å². The van der Waals surface area contributed by atoms with Gasteiger partial charge in [-0.2, -0.15) is 0 Å². The maximum atomic E-state index is 12.8. The monoisotopic (exact) mass is 351 g/mol. The maximum Gasteiger partial charge on any atom is 0.235 e. The van der Waals surface area contributed by atoms with E-state index in [1.165, 1.54) is 18.2 Å². The molecule has 0 spiro atoms. The standard InChI is InChI=1S/C15H11BrFNO3/c16-14-9-11(7-8-18(19)20)3-6-15(14)21-10-12-1-4-13(17)5-2-12/h1-9H,10H2. The van der Waals surface area contributed by atoms with Crippen molar-refractivity contribution in [1.29, 1.82) is 0 Å². The van der Waals surface area contributed by atoms with Crippen LogP contribution < -0.4 is 4.74 Å². The van der Waals surface area contributed by atoms with E-state index in [-0.39, 0.29) is 5.82 Å². The second-order valence-electron chi connectivity index (χ2n) is 4.21. The zero-order valence-corrected chi connectivity index (χ0v) is 12.4. The van der Waals surface area contributed by atoms with E-state index in [1.807, 2.05) is 0 Å². The molecular formula is C15H11BrFNO3. The summed E-state index contributed by atoms with van der Waals surface area (Å²) in [6.45, 7) is 0.308. The highest BCUT2D eigenvalue weighted by Crippen LogP contribution is 2.27. The molecule has 0 aliphatic carbocycles. The molecule has 108 valence electrons. The van der Waals surface area contributed by atoms with Crippen LogP contribution in [0.25, 0.3) is 6.08 Å². The van der Waals surface area contributed by atoms with Gasteiger partial charge >= 0.3 is 0 Å². The van der Waals surface area contributed by atoms with Gasteiger partial charge in [-0.1, -0.05) is 18.2 Å². The molecule has 0 radical (unpaired) electrons. The molecule has 0 bridgehead atoms. The molecule has 0 aliphatic rings. The normalized spacial score (nSPS) is 10.8. The van der Waals surface area contributed by atoms with Crippen molar-refractivity contribution in [2.24, 2.45) is 0 Å². The molecule has 4 nitrogen and oxygen atoms in total. The third kappa shape index (κ3) is 4.68. The first-order valence-corrected chi connectivity index (χ1v) is 6.82. The van der Waals surface area contributed by atoms with Crippen LogP contribution in [-0.2, 0) is 6.61 Å². The van der Waals surface area contributed by atoms with Crippen LogP contribution in [0.1, 0.15) is 11.1 Å². The number of ether oxygens (including phenoxy) is 1. The average Bonchev–Trinajstić information content (AvgIpc) is 2.46. The van der Waals surface area contributed by atoms with Gasteiger partial charge in [0.1, 0.15) is 18.2 Å². The number of nitro groups is 1. The van der Waals surface area contributed by atoms with Crippen LogP contribution >= 0.6 is 15.9 Å². The van der Waals surface area contributed by atoms with Crippen molar-refractivity contribution in [2.75, 3.05) is 0 Å². The fourth-order valence-electron chi connectivity index (χ4n) is 1.63. The molecule has 0 fully saturated rings. The average molecular weight is 352 g/mol. The van der Waals surface area contributed by atoms with E-state index in [0.717, 1.165) is 11.8 Å².